The third-order valence-corrected chi connectivity index (χ3v) is 3.88. The normalized spacial score (nSPS) is 12.0. The second-order valence-corrected chi connectivity index (χ2v) is 5.48. The van der Waals surface area contributed by atoms with Crippen molar-refractivity contribution in [1.29, 1.82) is 0 Å². The average molecular weight is 337 g/mol. The van der Waals surface area contributed by atoms with E-state index in [0.717, 1.165) is 5.56 Å². The molecular formula is C18H18F3NO2. The summed E-state index contributed by atoms with van der Waals surface area (Å²) in [6.45, 7) is -0.128. The van der Waals surface area contributed by atoms with Crippen molar-refractivity contribution in [1.82, 2.24) is 4.90 Å². The van der Waals surface area contributed by atoms with E-state index in [4.69, 9.17) is 0 Å². The fraction of sp³-hybridized carbons (Fsp3) is 0.278. The zero-order chi connectivity index (χ0) is 17.7. The van der Waals surface area contributed by atoms with Crippen LogP contribution in [0.2, 0.25) is 0 Å². The summed E-state index contributed by atoms with van der Waals surface area (Å²) in [6, 6.07) is 9.83. The number of carbonyl (C=O) groups is 1. The predicted octanol–water partition coefficient (Wildman–Crippen LogP) is 3.23. The molecule has 3 nitrogen and oxygen atoms in total. The molecule has 128 valence electrons. The number of halogens is 3. The Kier molecular flexibility index (Phi) is 5.98. The van der Waals surface area contributed by atoms with Crippen LogP contribution in [0.25, 0.3) is 0 Å². The van der Waals surface area contributed by atoms with Crippen molar-refractivity contribution in [2.24, 2.45) is 0 Å². The van der Waals surface area contributed by atoms with Crippen LogP contribution in [0.1, 0.15) is 23.6 Å². The van der Waals surface area contributed by atoms with Gasteiger partial charge in [-0.3, -0.25) is 4.79 Å². The van der Waals surface area contributed by atoms with Gasteiger partial charge in [-0.15, -0.1) is 0 Å². The lowest BCUT2D eigenvalue weighted by molar-refractivity contribution is -0.131. The topological polar surface area (TPSA) is 40.5 Å². The monoisotopic (exact) mass is 337 g/mol. The van der Waals surface area contributed by atoms with Crippen LogP contribution in [0.5, 0.6) is 0 Å². The molecule has 2 rings (SSSR count). The van der Waals surface area contributed by atoms with Gasteiger partial charge in [0.05, 0.1) is 12.5 Å². The number of rotatable bonds is 6. The quantitative estimate of drug-likeness (QED) is 0.822. The van der Waals surface area contributed by atoms with E-state index >= 15 is 0 Å². The molecule has 0 bridgehead atoms. The molecule has 0 fully saturated rings. The van der Waals surface area contributed by atoms with Crippen LogP contribution in [0.15, 0.2) is 42.5 Å². The van der Waals surface area contributed by atoms with E-state index in [1.165, 1.54) is 11.9 Å². The molecule has 1 amide bonds. The number of carbonyl (C=O) groups excluding carboxylic acids is 1. The molecule has 2 aromatic carbocycles. The van der Waals surface area contributed by atoms with Gasteiger partial charge in [-0.05, 0) is 18.1 Å². The molecule has 1 N–H and O–H groups in total. The van der Waals surface area contributed by atoms with Crippen LogP contribution in [-0.4, -0.2) is 29.6 Å². The van der Waals surface area contributed by atoms with Gasteiger partial charge in [-0.2, -0.15) is 0 Å². The highest BCUT2D eigenvalue weighted by Crippen LogP contribution is 2.24. The van der Waals surface area contributed by atoms with Crippen LogP contribution in [0.4, 0.5) is 13.2 Å². The molecule has 0 aliphatic heterocycles. The number of amides is 1. The van der Waals surface area contributed by atoms with E-state index < -0.39 is 35.8 Å². The highest BCUT2D eigenvalue weighted by Gasteiger charge is 2.23. The van der Waals surface area contributed by atoms with E-state index in [2.05, 4.69) is 0 Å². The molecule has 0 heterocycles. The molecule has 24 heavy (non-hydrogen) atoms. The Labute approximate surface area is 138 Å². The van der Waals surface area contributed by atoms with Gasteiger partial charge in [0.25, 0.3) is 0 Å². The van der Waals surface area contributed by atoms with Gasteiger partial charge in [0.15, 0.2) is 11.6 Å². The van der Waals surface area contributed by atoms with Crippen molar-refractivity contribution in [3.8, 4) is 0 Å². The molecule has 0 radical (unpaired) electrons. The van der Waals surface area contributed by atoms with Crippen molar-refractivity contribution in [3.63, 3.8) is 0 Å². The Morgan fingerprint density at radius 1 is 1.08 bits per heavy atom. The SMILES string of the molecule is CN(C(=O)Cc1cc(F)c(F)cc1F)C(CCO)c1ccccc1. The van der Waals surface area contributed by atoms with E-state index in [9.17, 15) is 23.1 Å². The number of nitrogens with zero attached hydrogens (tertiary/aromatic N) is 1. The number of likely N-dealkylation sites (N-methyl/N-ethyl adjacent to an activating group) is 1. The second kappa shape index (κ2) is 7.97. The first-order valence-electron chi connectivity index (χ1n) is 7.49. The summed E-state index contributed by atoms with van der Waals surface area (Å²) in [7, 11) is 1.54. The predicted molar refractivity (Wildman–Crippen MR) is 83.7 cm³/mol. The Morgan fingerprint density at radius 2 is 1.71 bits per heavy atom. The lowest BCUT2D eigenvalue weighted by atomic mass is 10.0. The van der Waals surface area contributed by atoms with Gasteiger partial charge in [-0.1, -0.05) is 30.3 Å². The summed E-state index contributed by atoms with van der Waals surface area (Å²) >= 11 is 0. The average Bonchev–Trinajstić information content (AvgIpc) is 2.57. The summed E-state index contributed by atoms with van der Waals surface area (Å²) in [5.41, 5.74) is 0.620. The smallest absolute Gasteiger partial charge is 0.227 e. The Hall–Kier alpha value is -2.34. The molecule has 0 saturated carbocycles. The first-order valence-corrected chi connectivity index (χ1v) is 7.49. The number of hydrogen-bond donors (Lipinski definition) is 1. The minimum Gasteiger partial charge on any atom is -0.396 e. The zero-order valence-electron chi connectivity index (χ0n) is 13.2. The third-order valence-electron chi connectivity index (χ3n) is 3.88. The Balaban J connectivity index is 2.19. The molecule has 6 heteroatoms. The van der Waals surface area contributed by atoms with Crippen LogP contribution in [0.3, 0.4) is 0 Å². The summed E-state index contributed by atoms with van der Waals surface area (Å²) in [5.74, 6) is -3.91. The second-order valence-electron chi connectivity index (χ2n) is 5.48. The summed E-state index contributed by atoms with van der Waals surface area (Å²) in [6.07, 6.45) is -0.0825. The van der Waals surface area contributed by atoms with Gasteiger partial charge < -0.3 is 10.0 Å². The minimum absolute atomic E-state index is 0.128. The summed E-state index contributed by atoms with van der Waals surface area (Å²) in [5, 5.41) is 9.24. The van der Waals surface area contributed by atoms with Crippen LogP contribution in [-0.2, 0) is 11.2 Å². The molecular weight excluding hydrogens is 319 g/mol. The lowest BCUT2D eigenvalue weighted by Crippen LogP contribution is -2.33. The molecule has 0 aliphatic carbocycles. The molecule has 2 aromatic rings. The molecule has 1 unspecified atom stereocenters. The van der Waals surface area contributed by atoms with Gasteiger partial charge >= 0.3 is 0 Å². The van der Waals surface area contributed by atoms with Crippen molar-refractivity contribution < 1.29 is 23.1 Å². The van der Waals surface area contributed by atoms with Gasteiger partial charge in [-0.25, -0.2) is 13.2 Å². The molecule has 1 atom stereocenters. The Bertz CT molecular complexity index is 707. The van der Waals surface area contributed by atoms with Gasteiger partial charge in [0, 0.05) is 25.3 Å². The van der Waals surface area contributed by atoms with Gasteiger partial charge in [0.1, 0.15) is 5.82 Å². The number of aliphatic hydroxyl groups is 1. The fourth-order valence-electron chi connectivity index (χ4n) is 2.54. The largest absolute Gasteiger partial charge is 0.396 e. The first-order chi connectivity index (χ1) is 11.4. The molecule has 0 aromatic heterocycles. The zero-order valence-corrected chi connectivity index (χ0v) is 13.2. The van der Waals surface area contributed by atoms with Crippen molar-refractivity contribution >= 4 is 5.91 Å². The maximum atomic E-state index is 13.7. The number of hydrogen-bond acceptors (Lipinski definition) is 2. The van der Waals surface area contributed by atoms with Crippen LogP contribution in [0, 0.1) is 17.5 Å². The van der Waals surface area contributed by atoms with Crippen LogP contribution < -0.4 is 0 Å². The fourth-order valence-corrected chi connectivity index (χ4v) is 2.54. The Morgan fingerprint density at radius 3 is 2.33 bits per heavy atom. The van der Waals surface area contributed by atoms with Crippen molar-refractivity contribution in [3.05, 3.63) is 71.0 Å². The highest BCUT2D eigenvalue weighted by molar-refractivity contribution is 5.79. The highest BCUT2D eigenvalue weighted by atomic mass is 19.2. The molecule has 0 spiro atoms. The summed E-state index contributed by atoms with van der Waals surface area (Å²) < 4.78 is 39.9. The first kappa shape index (κ1) is 18.0. The maximum absolute atomic E-state index is 13.7. The van der Waals surface area contributed by atoms with E-state index in [1.54, 1.807) is 0 Å². The van der Waals surface area contributed by atoms with Crippen molar-refractivity contribution in [2.45, 2.75) is 18.9 Å². The third kappa shape index (κ3) is 4.14. The standard InChI is InChI=1S/C18H18F3NO2/c1-22(17(7-8-23)12-5-3-2-4-6-12)18(24)10-13-9-15(20)16(21)11-14(13)19/h2-6,9,11,17,23H,7-8,10H2,1H3. The van der Waals surface area contributed by atoms with E-state index in [-0.39, 0.29) is 12.2 Å². The van der Waals surface area contributed by atoms with E-state index in [1.807, 2.05) is 30.3 Å². The molecule has 0 saturated heterocycles. The minimum atomic E-state index is -1.29. The van der Waals surface area contributed by atoms with Gasteiger partial charge in [0.2, 0.25) is 5.91 Å². The maximum Gasteiger partial charge on any atom is 0.227 e. The molecule has 0 aliphatic rings. The van der Waals surface area contributed by atoms with E-state index in [0.29, 0.717) is 18.6 Å². The lowest BCUT2D eigenvalue weighted by Gasteiger charge is -2.28. The number of aliphatic hydroxyl groups excluding tert-OH is 1. The van der Waals surface area contributed by atoms with Crippen LogP contribution >= 0.6 is 0 Å². The number of benzene rings is 2. The summed E-state index contributed by atoms with van der Waals surface area (Å²) in [4.78, 5) is 13.8. The van der Waals surface area contributed by atoms with Crippen molar-refractivity contribution in [2.75, 3.05) is 13.7 Å².